The minimum Gasteiger partial charge on any atom is -0.494 e. The number of carbonyl (C=O) groups excluding carboxylic acids is 1. The molecule has 0 fully saturated rings. The Kier molecular flexibility index (Phi) is 7.73. The lowest BCUT2D eigenvalue weighted by atomic mass is 10.1. The van der Waals surface area contributed by atoms with Gasteiger partial charge in [-0.2, -0.15) is 0 Å². The lowest BCUT2D eigenvalue weighted by molar-refractivity contribution is -0.150. The van der Waals surface area contributed by atoms with E-state index in [0.29, 0.717) is 6.42 Å². The number of unbranched alkanes of at least 4 members (excludes halogenated alkanes) is 1. The molecule has 1 atom stereocenters. The molecule has 0 amide bonds. The fourth-order valence-electron chi connectivity index (χ4n) is 1.88. The molecule has 1 aromatic rings. The number of benzene rings is 1. The van der Waals surface area contributed by atoms with Gasteiger partial charge in [0.25, 0.3) is 0 Å². The summed E-state index contributed by atoms with van der Waals surface area (Å²) in [6.45, 7) is 2.87. The number of aliphatic hydroxyl groups is 1. The van der Waals surface area contributed by atoms with E-state index in [1.165, 1.54) is 7.11 Å². The SMILES string of the molecule is CCCCOc1cccc(CCC[C@@H](O)C(=O)OC)c1. The fraction of sp³-hybridized carbons (Fsp3) is 0.562. The van der Waals surface area contributed by atoms with E-state index >= 15 is 0 Å². The number of hydrogen-bond donors (Lipinski definition) is 1. The maximum absolute atomic E-state index is 11.1. The van der Waals surface area contributed by atoms with E-state index in [2.05, 4.69) is 11.7 Å². The predicted octanol–water partition coefficient (Wildman–Crippen LogP) is 2.72. The van der Waals surface area contributed by atoms with Crippen LogP contribution in [0.2, 0.25) is 0 Å². The molecule has 0 unspecified atom stereocenters. The molecule has 1 aromatic carbocycles. The van der Waals surface area contributed by atoms with E-state index in [1.54, 1.807) is 0 Å². The number of aliphatic hydroxyl groups excluding tert-OH is 1. The lowest BCUT2D eigenvalue weighted by Gasteiger charge is -2.09. The lowest BCUT2D eigenvalue weighted by Crippen LogP contribution is -2.21. The van der Waals surface area contributed by atoms with Crippen LogP contribution in [0.3, 0.4) is 0 Å². The van der Waals surface area contributed by atoms with Crippen molar-refractivity contribution in [2.75, 3.05) is 13.7 Å². The standard InChI is InChI=1S/C16H24O4/c1-3-4-11-20-14-9-5-7-13(12-14)8-6-10-15(17)16(18)19-2/h5,7,9,12,15,17H,3-4,6,8,10-11H2,1-2H3/t15-/m1/s1. The first kappa shape index (κ1) is 16.5. The molecule has 1 N–H and O–H groups in total. The Balaban J connectivity index is 2.36. The van der Waals surface area contributed by atoms with Crippen LogP contribution in [0.5, 0.6) is 5.75 Å². The number of methoxy groups -OCH3 is 1. The van der Waals surface area contributed by atoms with Crippen LogP contribution in [0, 0.1) is 0 Å². The number of hydrogen-bond acceptors (Lipinski definition) is 4. The number of rotatable bonds is 9. The zero-order valence-electron chi connectivity index (χ0n) is 12.3. The van der Waals surface area contributed by atoms with Crippen molar-refractivity contribution in [3.8, 4) is 5.75 Å². The van der Waals surface area contributed by atoms with Crippen molar-refractivity contribution in [2.24, 2.45) is 0 Å². The summed E-state index contributed by atoms with van der Waals surface area (Å²) < 4.78 is 10.1. The molecule has 0 saturated heterocycles. The molecule has 0 aliphatic carbocycles. The zero-order valence-corrected chi connectivity index (χ0v) is 12.3. The highest BCUT2D eigenvalue weighted by molar-refractivity contribution is 5.74. The normalized spacial score (nSPS) is 11.9. The van der Waals surface area contributed by atoms with Gasteiger partial charge in [0.1, 0.15) is 5.75 Å². The first-order valence-corrected chi connectivity index (χ1v) is 7.15. The molecule has 0 heterocycles. The molecule has 4 heteroatoms. The Hall–Kier alpha value is -1.55. The number of ether oxygens (including phenoxy) is 2. The van der Waals surface area contributed by atoms with Crippen molar-refractivity contribution in [1.82, 2.24) is 0 Å². The molecule has 0 aromatic heterocycles. The highest BCUT2D eigenvalue weighted by atomic mass is 16.5. The second kappa shape index (κ2) is 9.37. The van der Waals surface area contributed by atoms with Gasteiger partial charge in [0.15, 0.2) is 6.10 Å². The van der Waals surface area contributed by atoms with Crippen LogP contribution in [0.15, 0.2) is 24.3 Å². The largest absolute Gasteiger partial charge is 0.494 e. The Morgan fingerprint density at radius 1 is 1.35 bits per heavy atom. The Morgan fingerprint density at radius 3 is 2.85 bits per heavy atom. The maximum atomic E-state index is 11.1. The molecule has 0 saturated carbocycles. The van der Waals surface area contributed by atoms with E-state index in [4.69, 9.17) is 4.74 Å². The van der Waals surface area contributed by atoms with Crippen LogP contribution in [-0.4, -0.2) is 30.9 Å². The topological polar surface area (TPSA) is 55.8 Å². The summed E-state index contributed by atoms with van der Waals surface area (Å²) in [6.07, 6.45) is 3.09. The van der Waals surface area contributed by atoms with Crippen molar-refractivity contribution < 1.29 is 19.4 Å². The molecule has 0 aliphatic heterocycles. The van der Waals surface area contributed by atoms with Gasteiger partial charge in [0.05, 0.1) is 13.7 Å². The maximum Gasteiger partial charge on any atom is 0.334 e. The van der Waals surface area contributed by atoms with E-state index < -0.39 is 12.1 Å². The first-order valence-electron chi connectivity index (χ1n) is 7.15. The smallest absolute Gasteiger partial charge is 0.334 e. The fourth-order valence-corrected chi connectivity index (χ4v) is 1.88. The van der Waals surface area contributed by atoms with Crippen molar-refractivity contribution in [1.29, 1.82) is 0 Å². The van der Waals surface area contributed by atoms with Gasteiger partial charge in [-0.15, -0.1) is 0 Å². The van der Waals surface area contributed by atoms with Gasteiger partial charge in [0, 0.05) is 0 Å². The van der Waals surface area contributed by atoms with Crippen LogP contribution in [0.4, 0.5) is 0 Å². The summed E-state index contributed by atoms with van der Waals surface area (Å²) in [7, 11) is 1.28. The van der Waals surface area contributed by atoms with E-state index in [0.717, 1.165) is 43.6 Å². The quantitative estimate of drug-likeness (QED) is 0.558. The van der Waals surface area contributed by atoms with E-state index in [-0.39, 0.29) is 0 Å². The molecule has 0 radical (unpaired) electrons. The molecule has 0 spiro atoms. The van der Waals surface area contributed by atoms with Crippen molar-refractivity contribution >= 4 is 5.97 Å². The Morgan fingerprint density at radius 2 is 2.15 bits per heavy atom. The third-order valence-corrected chi connectivity index (χ3v) is 3.08. The van der Waals surface area contributed by atoms with Crippen molar-refractivity contribution in [3.05, 3.63) is 29.8 Å². The van der Waals surface area contributed by atoms with Gasteiger partial charge in [-0.1, -0.05) is 25.5 Å². The molecule has 0 bridgehead atoms. The molecule has 112 valence electrons. The van der Waals surface area contributed by atoms with Gasteiger partial charge < -0.3 is 14.6 Å². The molecular weight excluding hydrogens is 256 g/mol. The minimum absolute atomic E-state index is 0.410. The Labute approximate surface area is 120 Å². The molecular formula is C16H24O4. The van der Waals surface area contributed by atoms with Gasteiger partial charge >= 0.3 is 5.97 Å². The monoisotopic (exact) mass is 280 g/mol. The summed E-state index contributed by atoms with van der Waals surface area (Å²) in [6, 6.07) is 7.95. The van der Waals surface area contributed by atoms with Crippen LogP contribution in [0.25, 0.3) is 0 Å². The summed E-state index contributed by atoms with van der Waals surface area (Å²) in [5.74, 6) is 0.311. The van der Waals surface area contributed by atoms with Gasteiger partial charge in [0.2, 0.25) is 0 Å². The summed E-state index contributed by atoms with van der Waals surface area (Å²) >= 11 is 0. The zero-order chi connectivity index (χ0) is 14.8. The molecule has 20 heavy (non-hydrogen) atoms. The van der Waals surface area contributed by atoms with E-state index in [9.17, 15) is 9.90 Å². The van der Waals surface area contributed by atoms with Gasteiger partial charge in [-0.3, -0.25) is 0 Å². The molecule has 1 rings (SSSR count). The first-order chi connectivity index (χ1) is 9.67. The van der Waals surface area contributed by atoms with Crippen LogP contribution in [0.1, 0.15) is 38.2 Å². The van der Waals surface area contributed by atoms with Crippen molar-refractivity contribution in [2.45, 2.75) is 45.1 Å². The number of esters is 1. The van der Waals surface area contributed by atoms with Crippen LogP contribution >= 0.6 is 0 Å². The Bertz CT molecular complexity index is 403. The molecule has 4 nitrogen and oxygen atoms in total. The van der Waals surface area contributed by atoms with Gasteiger partial charge in [-0.25, -0.2) is 4.79 Å². The second-order valence-corrected chi connectivity index (χ2v) is 4.78. The van der Waals surface area contributed by atoms with Crippen molar-refractivity contribution in [3.63, 3.8) is 0 Å². The third kappa shape index (κ3) is 6.06. The molecule has 0 aliphatic rings. The summed E-state index contributed by atoms with van der Waals surface area (Å²) in [4.78, 5) is 11.1. The predicted molar refractivity (Wildman–Crippen MR) is 77.8 cm³/mol. The number of aryl methyl sites for hydroxylation is 1. The average Bonchev–Trinajstić information content (AvgIpc) is 2.47. The second-order valence-electron chi connectivity index (χ2n) is 4.78. The highest BCUT2D eigenvalue weighted by Gasteiger charge is 2.14. The number of carbonyl (C=O) groups is 1. The highest BCUT2D eigenvalue weighted by Crippen LogP contribution is 2.16. The minimum atomic E-state index is -1.02. The summed E-state index contributed by atoms with van der Waals surface area (Å²) in [5.41, 5.74) is 1.15. The van der Waals surface area contributed by atoms with Crippen LogP contribution in [-0.2, 0) is 16.0 Å². The summed E-state index contributed by atoms with van der Waals surface area (Å²) in [5, 5.41) is 9.49. The van der Waals surface area contributed by atoms with E-state index in [1.807, 2.05) is 24.3 Å². The average molecular weight is 280 g/mol. The third-order valence-electron chi connectivity index (χ3n) is 3.08. The van der Waals surface area contributed by atoms with Crippen LogP contribution < -0.4 is 4.74 Å². The van der Waals surface area contributed by atoms with Gasteiger partial charge in [-0.05, 0) is 43.4 Å².